The highest BCUT2D eigenvalue weighted by atomic mass is 14.9. The Balaban J connectivity index is 1.23. The van der Waals surface area contributed by atoms with Gasteiger partial charge >= 0.3 is 0 Å². The van der Waals surface area contributed by atoms with E-state index in [0.29, 0.717) is 5.82 Å². The average molecular weight is 590 g/mol. The highest BCUT2D eigenvalue weighted by Gasteiger charge is 2.13. The summed E-state index contributed by atoms with van der Waals surface area (Å²) in [5.41, 5.74) is 10.7. The van der Waals surface area contributed by atoms with Gasteiger partial charge in [0.2, 0.25) is 0 Å². The lowest BCUT2D eigenvalue weighted by Gasteiger charge is -2.12. The third kappa shape index (κ3) is 5.53. The maximum absolute atomic E-state index is 5.11. The van der Waals surface area contributed by atoms with Crippen molar-refractivity contribution in [1.82, 2.24) is 24.9 Å². The lowest BCUT2D eigenvalue weighted by atomic mass is 10.0. The molecule has 0 aliphatic rings. The number of rotatable bonds is 6. The first-order valence-electron chi connectivity index (χ1n) is 15.1. The summed E-state index contributed by atoms with van der Waals surface area (Å²) in [7, 11) is 0. The molecule has 4 aromatic carbocycles. The van der Waals surface area contributed by atoms with Crippen LogP contribution in [-0.2, 0) is 0 Å². The topological polar surface area (TPSA) is 64.5 Å². The van der Waals surface area contributed by atoms with Crippen LogP contribution >= 0.6 is 0 Å². The van der Waals surface area contributed by atoms with E-state index in [-0.39, 0.29) is 0 Å². The molecule has 4 heterocycles. The Bertz CT molecular complexity index is 2200. The molecule has 0 spiro atoms. The SMILES string of the molecule is c1ccc(-c2cccc(-c3cc(-c4ccc(-c5cc6ccccc6cn5)cc4)nc(-c4cccc(-c5ccncc5)c4)n3)c2)nc1. The van der Waals surface area contributed by atoms with Crippen molar-refractivity contribution in [3.63, 3.8) is 0 Å². The van der Waals surface area contributed by atoms with Crippen LogP contribution in [0.2, 0.25) is 0 Å². The fraction of sp³-hybridized carbons (Fsp3) is 0. The third-order valence-corrected chi connectivity index (χ3v) is 8.09. The van der Waals surface area contributed by atoms with E-state index in [2.05, 4.69) is 107 Å². The van der Waals surface area contributed by atoms with Crippen molar-refractivity contribution in [2.75, 3.05) is 0 Å². The van der Waals surface area contributed by atoms with Gasteiger partial charge in [-0.15, -0.1) is 0 Å². The first-order chi connectivity index (χ1) is 22.8. The van der Waals surface area contributed by atoms with E-state index >= 15 is 0 Å². The van der Waals surface area contributed by atoms with E-state index in [9.17, 15) is 0 Å². The van der Waals surface area contributed by atoms with Gasteiger partial charge in [0.05, 0.1) is 22.8 Å². The fourth-order valence-corrected chi connectivity index (χ4v) is 5.68. The minimum atomic E-state index is 0.659. The number of aromatic nitrogens is 5. The minimum Gasteiger partial charge on any atom is -0.265 e. The normalized spacial score (nSPS) is 11.0. The monoisotopic (exact) mass is 589 g/mol. The first kappa shape index (κ1) is 27.2. The van der Waals surface area contributed by atoms with Crippen molar-refractivity contribution in [2.45, 2.75) is 0 Å². The van der Waals surface area contributed by atoms with Crippen molar-refractivity contribution >= 4 is 10.8 Å². The molecule has 8 aromatic rings. The standard InChI is InChI=1S/C41H27N5/c1-2-8-36-27-44-38(25-32(36)7-1)29-14-16-30(17-15-29)39-26-40(34-11-6-10-33(24-34)37-13-3-4-20-43-37)46-41(45-39)35-12-5-9-31(23-35)28-18-21-42-22-19-28/h1-27H. The molecular weight excluding hydrogens is 562 g/mol. The van der Waals surface area contributed by atoms with Gasteiger partial charge in [0.15, 0.2) is 5.82 Å². The predicted molar refractivity (Wildman–Crippen MR) is 186 cm³/mol. The van der Waals surface area contributed by atoms with Gasteiger partial charge in [-0.25, -0.2) is 9.97 Å². The summed E-state index contributed by atoms with van der Waals surface area (Å²) >= 11 is 0. The summed E-state index contributed by atoms with van der Waals surface area (Å²) in [6.45, 7) is 0. The van der Waals surface area contributed by atoms with Gasteiger partial charge in [0.25, 0.3) is 0 Å². The van der Waals surface area contributed by atoms with E-state index in [1.54, 1.807) is 0 Å². The lowest BCUT2D eigenvalue weighted by Crippen LogP contribution is -1.96. The highest BCUT2D eigenvalue weighted by molar-refractivity contribution is 5.85. The second-order valence-electron chi connectivity index (χ2n) is 11.1. The molecule has 0 amide bonds. The molecule has 5 nitrogen and oxygen atoms in total. The van der Waals surface area contributed by atoms with E-state index in [4.69, 9.17) is 15.0 Å². The maximum Gasteiger partial charge on any atom is 0.160 e. The summed E-state index contributed by atoms with van der Waals surface area (Å²) in [4.78, 5) is 23.7. The molecule has 0 unspecified atom stereocenters. The smallest absolute Gasteiger partial charge is 0.160 e. The van der Waals surface area contributed by atoms with Crippen molar-refractivity contribution < 1.29 is 0 Å². The molecule has 5 heteroatoms. The van der Waals surface area contributed by atoms with Crippen LogP contribution in [0.15, 0.2) is 164 Å². The van der Waals surface area contributed by atoms with Crippen LogP contribution in [0.1, 0.15) is 0 Å². The molecule has 0 N–H and O–H groups in total. The van der Waals surface area contributed by atoms with Gasteiger partial charge in [-0.05, 0) is 65.0 Å². The number of benzene rings is 4. The van der Waals surface area contributed by atoms with Crippen LogP contribution in [0.25, 0.3) is 78.3 Å². The zero-order chi connectivity index (χ0) is 30.7. The molecule has 46 heavy (non-hydrogen) atoms. The summed E-state index contributed by atoms with van der Waals surface area (Å²) < 4.78 is 0. The van der Waals surface area contributed by atoms with Crippen molar-refractivity contribution in [1.29, 1.82) is 0 Å². The molecule has 0 atom stereocenters. The molecule has 0 fully saturated rings. The quantitative estimate of drug-likeness (QED) is 0.193. The van der Waals surface area contributed by atoms with Gasteiger partial charge in [0.1, 0.15) is 0 Å². The van der Waals surface area contributed by atoms with Crippen LogP contribution in [0.5, 0.6) is 0 Å². The lowest BCUT2D eigenvalue weighted by molar-refractivity contribution is 1.18. The molecule has 4 aromatic heterocycles. The minimum absolute atomic E-state index is 0.659. The highest BCUT2D eigenvalue weighted by Crippen LogP contribution is 2.32. The van der Waals surface area contributed by atoms with Crippen LogP contribution in [-0.4, -0.2) is 24.9 Å². The number of hydrogen-bond donors (Lipinski definition) is 0. The first-order valence-corrected chi connectivity index (χ1v) is 15.1. The molecule has 8 rings (SSSR count). The molecule has 0 aliphatic carbocycles. The van der Waals surface area contributed by atoms with Crippen molar-refractivity contribution in [2.24, 2.45) is 0 Å². The maximum atomic E-state index is 5.11. The van der Waals surface area contributed by atoms with Crippen molar-refractivity contribution in [3.8, 4) is 67.5 Å². The Morgan fingerprint density at radius 3 is 1.72 bits per heavy atom. The van der Waals surface area contributed by atoms with Gasteiger partial charge in [0, 0.05) is 58.0 Å². The Morgan fingerprint density at radius 2 is 0.957 bits per heavy atom. The molecule has 0 bridgehead atoms. The van der Waals surface area contributed by atoms with Crippen LogP contribution in [0, 0.1) is 0 Å². The second-order valence-corrected chi connectivity index (χ2v) is 11.1. The molecule has 0 aliphatic heterocycles. The molecule has 0 saturated carbocycles. The van der Waals surface area contributed by atoms with Crippen LogP contribution in [0.3, 0.4) is 0 Å². The van der Waals surface area contributed by atoms with Gasteiger partial charge in [-0.3, -0.25) is 15.0 Å². The Morgan fingerprint density at radius 1 is 0.326 bits per heavy atom. The second kappa shape index (κ2) is 12.0. The van der Waals surface area contributed by atoms with E-state index in [1.807, 2.05) is 67.3 Å². The molecule has 216 valence electrons. The predicted octanol–water partition coefficient (Wildman–Crippen LogP) is 9.82. The van der Waals surface area contributed by atoms with Gasteiger partial charge in [-0.2, -0.15) is 0 Å². The summed E-state index contributed by atoms with van der Waals surface area (Å²) in [6, 6.07) is 47.6. The summed E-state index contributed by atoms with van der Waals surface area (Å²) in [5.74, 6) is 0.659. The van der Waals surface area contributed by atoms with E-state index in [0.717, 1.165) is 67.1 Å². The van der Waals surface area contributed by atoms with Crippen LogP contribution < -0.4 is 0 Å². The van der Waals surface area contributed by atoms with Crippen molar-refractivity contribution in [3.05, 3.63) is 164 Å². The largest absolute Gasteiger partial charge is 0.265 e. The number of nitrogens with zero attached hydrogens (tertiary/aromatic N) is 5. The fourth-order valence-electron chi connectivity index (χ4n) is 5.68. The molecular formula is C41H27N5. The Hall–Kier alpha value is -6.33. The zero-order valence-electron chi connectivity index (χ0n) is 24.8. The van der Waals surface area contributed by atoms with Gasteiger partial charge < -0.3 is 0 Å². The number of fused-ring (bicyclic) bond motifs is 1. The molecule has 0 saturated heterocycles. The summed E-state index contributed by atoms with van der Waals surface area (Å²) in [6.07, 6.45) is 7.36. The van der Waals surface area contributed by atoms with E-state index < -0.39 is 0 Å². The van der Waals surface area contributed by atoms with Crippen LogP contribution in [0.4, 0.5) is 0 Å². The number of hydrogen-bond acceptors (Lipinski definition) is 5. The Labute approximate surface area is 267 Å². The average Bonchev–Trinajstić information content (AvgIpc) is 3.15. The van der Waals surface area contributed by atoms with Gasteiger partial charge in [-0.1, -0.05) is 91.0 Å². The number of pyridine rings is 3. The Kier molecular flexibility index (Phi) is 7.09. The summed E-state index contributed by atoms with van der Waals surface area (Å²) in [5, 5.41) is 2.30. The third-order valence-electron chi connectivity index (χ3n) is 8.09. The van der Waals surface area contributed by atoms with E-state index in [1.165, 1.54) is 5.39 Å². The molecule has 0 radical (unpaired) electrons. The zero-order valence-corrected chi connectivity index (χ0v) is 24.8.